The number of hydrogen-bond acceptors (Lipinski definition) is 2. The molecule has 13 heavy (non-hydrogen) atoms. The van der Waals surface area contributed by atoms with Gasteiger partial charge < -0.3 is 9.47 Å². The Morgan fingerprint density at radius 1 is 1.15 bits per heavy atom. The SMILES string of the molecule is COc1cc(I)c(CI)cc1OC. The summed E-state index contributed by atoms with van der Waals surface area (Å²) in [5.41, 5.74) is 1.28. The van der Waals surface area contributed by atoms with Gasteiger partial charge in [0, 0.05) is 8.00 Å². The van der Waals surface area contributed by atoms with Crippen LogP contribution in [0.15, 0.2) is 12.1 Å². The second-order valence-corrected chi connectivity index (χ2v) is 4.36. The van der Waals surface area contributed by atoms with Crippen LogP contribution in [-0.2, 0) is 4.43 Å². The van der Waals surface area contributed by atoms with Crippen LogP contribution in [0, 0.1) is 3.57 Å². The zero-order valence-electron chi connectivity index (χ0n) is 7.43. The molecule has 1 aromatic rings. The van der Waals surface area contributed by atoms with Gasteiger partial charge in [0.05, 0.1) is 14.2 Å². The summed E-state index contributed by atoms with van der Waals surface area (Å²) in [6.07, 6.45) is 0. The standard InChI is InChI=1S/C9H10I2O2/c1-12-8-3-6(5-10)7(11)4-9(8)13-2/h3-4H,5H2,1-2H3. The number of benzene rings is 1. The van der Waals surface area contributed by atoms with Gasteiger partial charge in [0.25, 0.3) is 0 Å². The van der Waals surface area contributed by atoms with Crippen molar-refractivity contribution in [2.75, 3.05) is 14.2 Å². The maximum Gasteiger partial charge on any atom is 0.161 e. The molecule has 2 nitrogen and oxygen atoms in total. The van der Waals surface area contributed by atoms with Crippen molar-refractivity contribution in [2.45, 2.75) is 4.43 Å². The highest BCUT2D eigenvalue weighted by molar-refractivity contribution is 14.1. The number of rotatable bonds is 3. The molecule has 0 fully saturated rings. The Balaban J connectivity index is 3.18. The number of alkyl halides is 1. The maximum atomic E-state index is 5.20. The van der Waals surface area contributed by atoms with Crippen molar-refractivity contribution in [3.05, 3.63) is 21.3 Å². The molecule has 0 radical (unpaired) electrons. The highest BCUT2D eigenvalue weighted by Gasteiger charge is 2.07. The van der Waals surface area contributed by atoms with E-state index in [0.29, 0.717) is 0 Å². The molecule has 0 aromatic heterocycles. The van der Waals surface area contributed by atoms with E-state index in [1.165, 1.54) is 9.13 Å². The minimum absolute atomic E-state index is 0.792. The van der Waals surface area contributed by atoms with Crippen LogP contribution in [-0.4, -0.2) is 14.2 Å². The Morgan fingerprint density at radius 2 is 1.69 bits per heavy atom. The molecule has 1 rings (SSSR count). The first-order chi connectivity index (χ1) is 6.22. The highest BCUT2D eigenvalue weighted by atomic mass is 127. The normalized spacial score (nSPS) is 9.85. The lowest BCUT2D eigenvalue weighted by molar-refractivity contribution is 0.354. The summed E-state index contributed by atoms with van der Waals surface area (Å²) in [5, 5.41) is 0. The van der Waals surface area contributed by atoms with E-state index < -0.39 is 0 Å². The van der Waals surface area contributed by atoms with Crippen LogP contribution in [0.3, 0.4) is 0 Å². The lowest BCUT2D eigenvalue weighted by Gasteiger charge is -2.10. The number of halogens is 2. The summed E-state index contributed by atoms with van der Waals surface area (Å²) in [5.74, 6) is 1.59. The van der Waals surface area contributed by atoms with Crippen molar-refractivity contribution in [1.29, 1.82) is 0 Å². The van der Waals surface area contributed by atoms with Crippen molar-refractivity contribution in [3.8, 4) is 11.5 Å². The van der Waals surface area contributed by atoms with Crippen molar-refractivity contribution in [3.63, 3.8) is 0 Å². The molecule has 0 spiro atoms. The lowest BCUT2D eigenvalue weighted by atomic mass is 10.2. The zero-order chi connectivity index (χ0) is 9.84. The molecule has 0 bridgehead atoms. The van der Waals surface area contributed by atoms with E-state index in [1.807, 2.05) is 12.1 Å². The van der Waals surface area contributed by atoms with Crippen LogP contribution < -0.4 is 9.47 Å². The van der Waals surface area contributed by atoms with E-state index in [-0.39, 0.29) is 0 Å². The van der Waals surface area contributed by atoms with Gasteiger partial charge in [-0.15, -0.1) is 0 Å². The third-order valence-corrected chi connectivity index (χ3v) is 3.52. The number of methoxy groups -OCH3 is 2. The second-order valence-electron chi connectivity index (χ2n) is 2.43. The molecule has 1 aromatic carbocycles. The van der Waals surface area contributed by atoms with Gasteiger partial charge in [-0.1, -0.05) is 22.6 Å². The fourth-order valence-corrected chi connectivity index (χ4v) is 2.99. The summed E-state index contributed by atoms with van der Waals surface area (Å²) in [6, 6.07) is 4.01. The molecule has 0 heterocycles. The van der Waals surface area contributed by atoms with Crippen LogP contribution in [0.5, 0.6) is 11.5 Å². The predicted octanol–water partition coefficient (Wildman–Crippen LogP) is 3.24. The van der Waals surface area contributed by atoms with Gasteiger partial charge >= 0.3 is 0 Å². The zero-order valence-corrected chi connectivity index (χ0v) is 11.7. The molecular formula is C9H10I2O2. The molecular weight excluding hydrogens is 394 g/mol. The van der Waals surface area contributed by atoms with Crippen LogP contribution in [0.4, 0.5) is 0 Å². The third-order valence-electron chi connectivity index (χ3n) is 1.70. The molecule has 0 amide bonds. The minimum Gasteiger partial charge on any atom is -0.493 e. The average molecular weight is 404 g/mol. The molecule has 0 aliphatic carbocycles. The molecule has 0 saturated carbocycles. The summed E-state index contributed by atoms with van der Waals surface area (Å²) in [4.78, 5) is 0. The summed E-state index contributed by atoms with van der Waals surface area (Å²) in [7, 11) is 3.30. The van der Waals surface area contributed by atoms with Crippen LogP contribution >= 0.6 is 45.2 Å². The maximum absolute atomic E-state index is 5.20. The predicted molar refractivity (Wildman–Crippen MR) is 70.0 cm³/mol. The van der Waals surface area contributed by atoms with E-state index in [2.05, 4.69) is 45.2 Å². The van der Waals surface area contributed by atoms with E-state index in [1.54, 1.807) is 14.2 Å². The molecule has 0 aliphatic heterocycles. The summed E-state index contributed by atoms with van der Waals surface area (Å²) >= 11 is 4.64. The van der Waals surface area contributed by atoms with Gasteiger partial charge in [0.15, 0.2) is 11.5 Å². The fourth-order valence-electron chi connectivity index (χ4n) is 0.999. The molecule has 0 saturated heterocycles. The number of ether oxygens (including phenoxy) is 2. The van der Waals surface area contributed by atoms with Gasteiger partial charge in [-0.05, 0) is 40.3 Å². The van der Waals surface area contributed by atoms with Crippen molar-refractivity contribution in [1.82, 2.24) is 0 Å². The fraction of sp³-hybridized carbons (Fsp3) is 0.333. The Kier molecular flexibility index (Phi) is 4.57. The Hall–Kier alpha value is 0.280. The first-order valence-corrected chi connectivity index (χ1v) is 6.29. The van der Waals surface area contributed by atoms with Crippen LogP contribution in [0.25, 0.3) is 0 Å². The lowest BCUT2D eigenvalue weighted by Crippen LogP contribution is -1.93. The molecule has 0 unspecified atom stereocenters. The molecule has 4 heteroatoms. The average Bonchev–Trinajstić information content (AvgIpc) is 2.17. The van der Waals surface area contributed by atoms with E-state index in [4.69, 9.17) is 9.47 Å². The highest BCUT2D eigenvalue weighted by Crippen LogP contribution is 2.32. The van der Waals surface area contributed by atoms with Gasteiger partial charge in [-0.2, -0.15) is 0 Å². The molecule has 0 N–H and O–H groups in total. The smallest absolute Gasteiger partial charge is 0.161 e. The second kappa shape index (κ2) is 5.23. The summed E-state index contributed by atoms with van der Waals surface area (Å²) < 4.78 is 12.6. The Labute approximate surface area is 105 Å². The van der Waals surface area contributed by atoms with E-state index in [0.717, 1.165) is 15.9 Å². The van der Waals surface area contributed by atoms with Gasteiger partial charge in [-0.25, -0.2) is 0 Å². The monoisotopic (exact) mass is 404 g/mol. The first-order valence-electron chi connectivity index (χ1n) is 3.69. The molecule has 0 atom stereocenters. The first kappa shape index (κ1) is 11.4. The Morgan fingerprint density at radius 3 is 2.15 bits per heavy atom. The number of hydrogen-bond donors (Lipinski definition) is 0. The largest absolute Gasteiger partial charge is 0.493 e. The third kappa shape index (κ3) is 2.61. The van der Waals surface area contributed by atoms with E-state index >= 15 is 0 Å². The van der Waals surface area contributed by atoms with E-state index in [9.17, 15) is 0 Å². The van der Waals surface area contributed by atoms with Gasteiger partial charge in [0.1, 0.15) is 0 Å². The van der Waals surface area contributed by atoms with Crippen molar-refractivity contribution < 1.29 is 9.47 Å². The molecule has 72 valence electrons. The Bertz CT molecular complexity index is 300. The minimum atomic E-state index is 0.792. The van der Waals surface area contributed by atoms with Gasteiger partial charge in [-0.3, -0.25) is 0 Å². The van der Waals surface area contributed by atoms with Gasteiger partial charge in [0.2, 0.25) is 0 Å². The quantitative estimate of drug-likeness (QED) is 0.569. The molecule has 0 aliphatic rings. The topological polar surface area (TPSA) is 18.5 Å². The van der Waals surface area contributed by atoms with Crippen molar-refractivity contribution >= 4 is 45.2 Å². The van der Waals surface area contributed by atoms with Crippen LogP contribution in [0.1, 0.15) is 5.56 Å². The van der Waals surface area contributed by atoms with Crippen molar-refractivity contribution in [2.24, 2.45) is 0 Å². The van der Waals surface area contributed by atoms with Crippen LogP contribution in [0.2, 0.25) is 0 Å². The summed E-state index contributed by atoms with van der Waals surface area (Å²) in [6.45, 7) is 0.